The third-order valence-corrected chi connectivity index (χ3v) is 2.52. The van der Waals surface area contributed by atoms with Gasteiger partial charge in [-0.15, -0.1) is 0 Å². The second-order valence-electron chi connectivity index (χ2n) is 5.39. The van der Waals surface area contributed by atoms with E-state index in [-0.39, 0.29) is 12.2 Å². The molecule has 0 radical (unpaired) electrons. The zero-order valence-corrected chi connectivity index (χ0v) is 12.1. The minimum Gasteiger partial charge on any atom is -0.489 e. The molecule has 1 atom stereocenters. The quantitative estimate of drug-likeness (QED) is 0.781. The van der Waals surface area contributed by atoms with Gasteiger partial charge in [-0.1, -0.05) is 19.9 Å². The Balaban J connectivity index is 2.77. The van der Waals surface area contributed by atoms with E-state index in [1.165, 1.54) is 0 Å². The van der Waals surface area contributed by atoms with Crippen molar-refractivity contribution >= 4 is 5.69 Å². The van der Waals surface area contributed by atoms with Gasteiger partial charge in [0.1, 0.15) is 17.2 Å². The second-order valence-corrected chi connectivity index (χ2v) is 5.39. The molecule has 2 N–H and O–H groups in total. The number of rotatable bonds is 6. The lowest BCUT2D eigenvalue weighted by molar-refractivity contribution is 0.192. The lowest BCUT2D eigenvalue weighted by atomic mass is 10.1. The molecule has 0 spiro atoms. The van der Waals surface area contributed by atoms with Gasteiger partial charge in [0.25, 0.3) is 0 Å². The van der Waals surface area contributed by atoms with E-state index in [4.69, 9.17) is 15.2 Å². The molecule has 3 nitrogen and oxygen atoms in total. The Morgan fingerprint density at radius 1 is 1.00 bits per heavy atom. The second kappa shape index (κ2) is 6.53. The van der Waals surface area contributed by atoms with E-state index in [2.05, 4.69) is 20.8 Å². The molecular weight excluding hydrogens is 226 g/mol. The van der Waals surface area contributed by atoms with Gasteiger partial charge in [-0.3, -0.25) is 0 Å². The predicted octanol–water partition coefficient (Wildman–Crippen LogP) is 3.87. The van der Waals surface area contributed by atoms with E-state index >= 15 is 0 Å². The van der Waals surface area contributed by atoms with Crippen molar-refractivity contribution in [2.45, 2.75) is 53.2 Å². The summed E-state index contributed by atoms with van der Waals surface area (Å²) in [4.78, 5) is 0. The first-order valence-electron chi connectivity index (χ1n) is 6.62. The van der Waals surface area contributed by atoms with Gasteiger partial charge >= 0.3 is 0 Å². The molecule has 18 heavy (non-hydrogen) atoms. The van der Waals surface area contributed by atoms with E-state index in [0.717, 1.165) is 6.42 Å². The molecule has 0 fully saturated rings. The number of benzene rings is 1. The Morgan fingerprint density at radius 2 is 1.56 bits per heavy atom. The summed E-state index contributed by atoms with van der Waals surface area (Å²) in [5, 5.41) is 0. The maximum absolute atomic E-state index is 6.06. The SMILES string of the molecule is CC(C)CC(C)Oc1cccc(OC(C)C)c1N. The fourth-order valence-corrected chi connectivity index (χ4v) is 1.91. The normalized spacial score (nSPS) is 12.8. The summed E-state index contributed by atoms with van der Waals surface area (Å²) in [5.74, 6) is 2.01. The van der Waals surface area contributed by atoms with Gasteiger partial charge in [-0.05, 0) is 45.2 Å². The van der Waals surface area contributed by atoms with E-state index < -0.39 is 0 Å². The van der Waals surface area contributed by atoms with Crippen molar-refractivity contribution in [3.63, 3.8) is 0 Å². The lowest BCUT2D eigenvalue weighted by Gasteiger charge is -2.19. The summed E-state index contributed by atoms with van der Waals surface area (Å²) in [6.45, 7) is 10.4. The third-order valence-electron chi connectivity index (χ3n) is 2.52. The molecule has 0 bridgehead atoms. The monoisotopic (exact) mass is 251 g/mol. The highest BCUT2D eigenvalue weighted by molar-refractivity contribution is 5.62. The van der Waals surface area contributed by atoms with Crippen LogP contribution in [-0.2, 0) is 0 Å². The van der Waals surface area contributed by atoms with Crippen LogP contribution in [0.15, 0.2) is 18.2 Å². The molecule has 0 aliphatic rings. The molecule has 0 saturated heterocycles. The van der Waals surface area contributed by atoms with Crippen molar-refractivity contribution in [3.8, 4) is 11.5 Å². The van der Waals surface area contributed by atoms with Crippen LogP contribution in [0.5, 0.6) is 11.5 Å². The Labute approximate surface area is 110 Å². The van der Waals surface area contributed by atoms with Gasteiger partial charge in [0.15, 0.2) is 0 Å². The van der Waals surface area contributed by atoms with Crippen LogP contribution in [0.1, 0.15) is 41.0 Å². The molecule has 3 heteroatoms. The van der Waals surface area contributed by atoms with Crippen molar-refractivity contribution in [3.05, 3.63) is 18.2 Å². The van der Waals surface area contributed by atoms with E-state index in [0.29, 0.717) is 23.1 Å². The van der Waals surface area contributed by atoms with Gasteiger partial charge in [-0.2, -0.15) is 0 Å². The first kappa shape index (κ1) is 14.7. The summed E-state index contributed by atoms with van der Waals surface area (Å²) in [6, 6.07) is 5.67. The predicted molar refractivity (Wildman–Crippen MR) is 76.2 cm³/mol. The molecule has 102 valence electrons. The smallest absolute Gasteiger partial charge is 0.146 e. The van der Waals surface area contributed by atoms with Crippen LogP contribution in [0, 0.1) is 5.92 Å². The summed E-state index contributed by atoms with van der Waals surface area (Å²) in [5.41, 5.74) is 6.65. The topological polar surface area (TPSA) is 44.5 Å². The maximum Gasteiger partial charge on any atom is 0.146 e. The number of anilines is 1. The van der Waals surface area contributed by atoms with Crippen molar-refractivity contribution in [2.24, 2.45) is 5.92 Å². The molecule has 0 heterocycles. The average molecular weight is 251 g/mol. The number of ether oxygens (including phenoxy) is 2. The Morgan fingerprint density at radius 3 is 2.06 bits per heavy atom. The summed E-state index contributed by atoms with van der Waals surface area (Å²) in [7, 11) is 0. The Bertz CT molecular complexity index is 375. The standard InChI is InChI=1S/C15H25NO2/c1-10(2)9-12(5)18-14-8-6-7-13(15(14)16)17-11(3)4/h6-8,10-12H,9,16H2,1-5H3. The maximum atomic E-state index is 6.06. The number of nitrogen functional groups attached to an aromatic ring is 1. The summed E-state index contributed by atoms with van der Waals surface area (Å²) >= 11 is 0. The van der Waals surface area contributed by atoms with Gasteiger partial charge in [0, 0.05) is 0 Å². The van der Waals surface area contributed by atoms with Crippen molar-refractivity contribution < 1.29 is 9.47 Å². The van der Waals surface area contributed by atoms with E-state index in [1.807, 2.05) is 32.0 Å². The minimum atomic E-state index is 0.107. The third kappa shape index (κ3) is 4.47. The Kier molecular flexibility index (Phi) is 5.32. The number of nitrogens with two attached hydrogens (primary N) is 1. The summed E-state index contributed by atoms with van der Waals surface area (Å²) < 4.78 is 11.5. The summed E-state index contributed by atoms with van der Waals surface area (Å²) in [6.07, 6.45) is 1.27. The van der Waals surface area contributed by atoms with Gasteiger partial charge in [0.2, 0.25) is 0 Å². The zero-order chi connectivity index (χ0) is 13.7. The molecular formula is C15H25NO2. The Hall–Kier alpha value is -1.38. The molecule has 0 amide bonds. The molecule has 1 aromatic rings. The molecule has 0 saturated carbocycles. The van der Waals surface area contributed by atoms with Crippen LogP contribution < -0.4 is 15.2 Å². The fourth-order valence-electron chi connectivity index (χ4n) is 1.91. The van der Waals surface area contributed by atoms with Crippen LogP contribution in [0.2, 0.25) is 0 Å². The molecule has 0 aliphatic carbocycles. The van der Waals surface area contributed by atoms with Gasteiger partial charge in [0.05, 0.1) is 12.2 Å². The number of hydrogen-bond acceptors (Lipinski definition) is 3. The molecule has 1 unspecified atom stereocenters. The average Bonchev–Trinajstić information content (AvgIpc) is 2.22. The van der Waals surface area contributed by atoms with Crippen molar-refractivity contribution in [2.75, 3.05) is 5.73 Å². The minimum absolute atomic E-state index is 0.107. The highest BCUT2D eigenvalue weighted by Crippen LogP contribution is 2.33. The van der Waals surface area contributed by atoms with Crippen molar-refractivity contribution in [1.29, 1.82) is 0 Å². The molecule has 0 aliphatic heterocycles. The van der Waals surface area contributed by atoms with Crippen LogP contribution in [0.3, 0.4) is 0 Å². The highest BCUT2D eigenvalue weighted by Gasteiger charge is 2.12. The van der Waals surface area contributed by atoms with Crippen LogP contribution in [0.25, 0.3) is 0 Å². The first-order valence-corrected chi connectivity index (χ1v) is 6.62. The highest BCUT2D eigenvalue weighted by atomic mass is 16.5. The first-order chi connectivity index (χ1) is 8.40. The molecule has 1 rings (SSSR count). The van der Waals surface area contributed by atoms with Gasteiger partial charge < -0.3 is 15.2 Å². The zero-order valence-electron chi connectivity index (χ0n) is 12.1. The fraction of sp³-hybridized carbons (Fsp3) is 0.600. The van der Waals surface area contributed by atoms with Crippen LogP contribution in [-0.4, -0.2) is 12.2 Å². The van der Waals surface area contributed by atoms with Crippen LogP contribution in [0.4, 0.5) is 5.69 Å². The van der Waals surface area contributed by atoms with Crippen molar-refractivity contribution in [1.82, 2.24) is 0 Å². The number of hydrogen-bond donors (Lipinski definition) is 1. The van der Waals surface area contributed by atoms with Gasteiger partial charge in [-0.25, -0.2) is 0 Å². The lowest BCUT2D eigenvalue weighted by Crippen LogP contribution is -2.16. The number of para-hydroxylation sites is 1. The van der Waals surface area contributed by atoms with Crippen LogP contribution >= 0.6 is 0 Å². The van der Waals surface area contributed by atoms with E-state index in [9.17, 15) is 0 Å². The largest absolute Gasteiger partial charge is 0.489 e. The van der Waals surface area contributed by atoms with E-state index in [1.54, 1.807) is 0 Å². The molecule has 0 aromatic heterocycles. The molecule has 1 aromatic carbocycles.